The number of sulfonamides is 1. The molecule has 1 aliphatic rings. The number of nitrogen functional groups attached to an aromatic ring is 1. The molecule has 1 heterocycles. The molecule has 2 rings (SSSR count). The SMILES string of the molecule is Cc1c(N)cc(Br)cc1S(=O)(=O)N1CCCCC1CCO. The van der Waals surface area contributed by atoms with Crippen LogP contribution in [0.1, 0.15) is 31.2 Å². The van der Waals surface area contributed by atoms with E-state index in [1.807, 2.05) is 0 Å². The molecule has 21 heavy (non-hydrogen) atoms. The lowest BCUT2D eigenvalue weighted by Gasteiger charge is -2.34. The van der Waals surface area contributed by atoms with Crippen LogP contribution in [0.25, 0.3) is 0 Å². The summed E-state index contributed by atoms with van der Waals surface area (Å²) in [7, 11) is -3.60. The number of piperidine rings is 1. The van der Waals surface area contributed by atoms with Crippen LogP contribution < -0.4 is 5.73 Å². The molecule has 118 valence electrons. The smallest absolute Gasteiger partial charge is 0.243 e. The summed E-state index contributed by atoms with van der Waals surface area (Å²) in [6.45, 7) is 2.22. The van der Waals surface area contributed by atoms with E-state index in [1.54, 1.807) is 19.1 Å². The van der Waals surface area contributed by atoms with Crippen LogP contribution in [-0.4, -0.2) is 37.0 Å². The highest BCUT2D eigenvalue weighted by Gasteiger charge is 2.34. The Morgan fingerprint density at radius 1 is 1.43 bits per heavy atom. The number of anilines is 1. The molecule has 0 aromatic heterocycles. The molecule has 1 unspecified atom stereocenters. The van der Waals surface area contributed by atoms with Crippen molar-refractivity contribution in [3.63, 3.8) is 0 Å². The van der Waals surface area contributed by atoms with E-state index in [9.17, 15) is 8.42 Å². The first-order valence-electron chi connectivity index (χ1n) is 7.06. The number of halogens is 1. The summed E-state index contributed by atoms with van der Waals surface area (Å²) in [6.07, 6.45) is 3.12. The lowest BCUT2D eigenvalue weighted by Crippen LogP contribution is -2.44. The van der Waals surface area contributed by atoms with Crippen molar-refractivity contribution >= 4 is 31.6 Å². The van der Waals surface area contributed by atoms with Gasteiger partial charge in [0.15, 0.2) is 0 Å². The van der Waals surface area contributed by atoms with Crippen LogP contribution in [0.4, 0.5) is 5.69 Å². The molecule has 0 spiro atoms. The molecule has 1 atom stereocenters. The quantitative estimate of drug-likeness (QED) is 0.789. The fraction of sp³-hybridized carbons (Fsp3) is 0.571. The van der Waals surface area contributed by atoms with Gasteiger partial charge >= 0.3 is 0 Å². The average Bonchev–Trinajstić information content (AvgIpc) is 2.43. The van der Waals surface area contributed by atoms with E-state index >= 15 is 0 Å². The van der Waals surface area contributed by atoms with Gasteiger partial charge < -0.3 is 10.8 Å². The molecule has 1 aromatic rings. The number of hydrogen-bond acceptors (Lipinski definition) is 4. The third-order valence-electron chi connectivity index (χ3n) is 3.99. The van der Waals surface area contributed by atoms with Crippen molar-refractivity contribution in [1.82, 2.24) is 4.31 Å². The van der Waals surface area contributed by atoms with E-state index in [0.717, 1.165) is 19.3 Å². The van der Waals surface area contributed by atoms with E-state index in [1.165, 1.54) is 4.31 Å². The lowest BCUT2D eigenvalue weighted by atomic mass is 10.0. The minimum absolute atomic E-state index is 0.00368. The summed E-state index contributed by atoms with van der Waals surface area (Å²) >= 11 is 3.31. The third kappa shape index (κ3) is 3.41. The van der Waals surface area contributed by atoms with Crippen LogP contribution in [0.15, 0.2) is 21.5 Å². The Morgan fingerprint density at radius 2 is 2.14 bits per heavy atom. The highest BCUT2D eigenvalue weighted by Crippen LogP contribution is 2.32. The average molecular weight is 377 g/mol. The Morgan fingerprint density at radius 3 is 2.81 bits per heavy atom. The van der Waals surface area contributed by atoms with Gasteiger partial charge in [0.05, 0.1) is 4.90 Å². The maximum Gasteiger partial charge on any atom is 0.243 e. The standard InChI is InChI=1S/C14H21BrN2O3S/c1-10-13(16)8-11(15)9-14(10)21(19,20)17-6-3-2-4-12(17)5-7-18/h8-9,12,18H,2-7,16H2,1H3. The maximum absolute atomic E-state index is 13.0. The topological polar surface area (TPSA) is 83.6 Å². The molecule has 0 amide bonds. The van der Waals surface area contributed by atoms with Gasteiger partial charge in [0.25, 0.3) is 0 Å². The van der Waals surface area contributed by atoms with Gasteiger partial charge in [0.1, 0.15) is 0 Å². The fourth-order valence-corrected chi connectivity index (χ4v) is 5.43. The van der Waals surface area contributed by atoms with Crippen molar-refractivity contribution < 1.29 is 13.5 Å². The number of aliphatic hydroxyl groups excluding tert-OH is 1. The van der Waals surface area contributed by atoms with Crippen molar-refractivity contribution in [1.29, 1.82) is 0 Å². The molecule has 1 fully saturated rings. The van der Waals surface area contributed by atoms with Gasteiger partial charge in [-0.15, -0.1) is 0 Å². The second kappa shape index (κ2) is 6.64. The fourth-order valence-electron chi connectivity index (χ4n) is 2.80. The van der Waals surface area contributed by atoms with Gasteiger partial charge in [-0.05, 0) is 43.9 Å². The van der Waals surface area contributed by atoms with E-state index < -0.39 is 10.0 Å². The summed E-state index contributed by atoms with van der Waals surface area (Å²) in [5.74, 6) is 0. The van der Waals surface area contributed by atoms with E-state index in [0.29, 0.717) is 28.7 Å². The van der Waals surface area contributed by atoms with Gasteiger partial charge in [0, 0.05) is 29.4 Å². The molecule has 7 heteroatoms. The molecule has 0 bridgehead atoms. The van der Waals surface area contributed by atoms with Gasteiger partial charge in [-0.1, -0.05) is 22.4 Å². The second-order valence-electron chi connectivity index (χ2n) is 5.40. The van der Waals surface area contributed by atoms with Crippen molar-refractivity contribution in [3.05, 3.63) is 22.2 Å². The largest absolute Gasteiger partial charge is 0.398 e. The Kier molecular flexibility index (Phi) is 5.29. The highest BCUT2D eigenvalue weighted by atomic mass is 79.9. The minimum Gasteiger partial charge on any atom is -0.398 e. The van der Waals surface area contributed by atoms with Crippen LogP contribution in [0, 0.1) is 6.92 Å². The first kappa shape index (κ1) is 16.7. The summed E-state index contributed by atoms with van der Waals surface area (Å²) in [4.78, 5) is 0.249. The summed E-state index contributed by atoms with van der Waals surface area (Å²) in [5, 5.41) is 9.17. The second-order valence-corrected chi connectivity index (χ2v) is 8.17. The van der Waals surface area contributed by atoms with Crippen molar-refractivity contribution in [2.45, 2.75) is 43.5 Å². The van der Waals surface area contributed by atoms with E-state index in [4.69, 9.17) is 10.8 Å². The maximum atomic E-state index is 13.0. The molecule has 1 saturated heterocycles. The molecule has 5 nitrogen and oxygen atoms in total. The first-order valence-corrected chi connectivity index (χ1v) is 9.29. The Bertz CT molecular complexity index is 617. The first-order chi connectivity index (χ1) is 9.87. The van der Waals surface area contributed by atoms with Crippen LogP contribution in [0.5, 0.6) is 0 Å². The van der Waals surface area contributed by atoms with E-state index in [2.05, 4.69) is 15.9 Å². The molecule has 1 aliphatic heterocycles. The lowest BCUT2D eigenvalue weighted by molar-refractivity contribution is 0.192. The normalized spacial score (nSPS) is 20.6. The number of hydrogen-bond donors (Lipinski definition) is 2. The number of nitrogens with two attached hydrogens (primary N) is 1. The van der Waals surface area contributed by atoms with Gasteiger partial charge in [0.2, 0.25) is 10.0 Å². The molecule has 0 saturated carbocycles. The highest BCUT2D eigenvalue weighted by molar-refractivity contribution is 9.10. The Hall–Kier alpha value is -0.630. The van der Waals surface area contributed by atoms with Crippen LogP contribution in [0.3, 0.4) is 0 Å². The number of nitrogens with zero attached hydrogens (tertiary/aromatic N) is 1. The van der Waals surface area contributed by atoms with Gasteiger partial charge in [-0.3, -0.25) is 0 Å². The zero-order valence-electron chi connectivity index (χ0n) is 12.0. The number of rotatable bonds is 4. The zero-order chi connectivity index (χ0) is 15.6. The van der Waals surface area contributed by atoms with Crippen molar-refractivity contribution in [3.8, 4) is 0 Å². The van der Waals surface area contributed by atoms with Crippen LogP contribution >= 0.6 is 15.9 Å². The molecule has 0 radical (unpaired) electrons. The van der Waals surface area contributed by atoms with Gasteiger partial charge in [-0.2, -0.15) is 4.31 Å². The predicted octanol–water partition coefficient (Wildman–Crippen LogP) is 2.27. The number of aliphatic hydroxyl groups is 1. The van der Waals surface area contributed by atoms with Crippen molar-refractivity contribution in [2.75, 3.05) is 18.9 Å². The molecular formula is C14H21BrN2O3S. The summed E-state index contributed by atoms with van der Waals surface area (Å²) in [5.41, 5.74) is 6.92. The molecular weight excluding hydrogens is 356 g/mol. The minimum atomic E-state index is -3.60. The number of benzene rings is 1. The van der Waals surface area contributed by atoms with Gasteiger partial charge in [-0.25, -0.2) is 8.42 Å². The predicted molar refractivity (Wildman–Crippen MR) is 86.5 cm³/mol. The molecule has 3 N–H and O–H groups in total. The molecule has 0 aliphatic carbocycles. The van der Waals surface area contributed by atoms with Crippen LogP contribution in [-0.2, 0) is 10.0 Å². The third-order valence-corrected chi connectivity index (χ3v) is 6.52. The Labute approximate surface area is 134 Å². The molecule has 1 aromatic carbocycles. The Balaban J connectivity index is 2.45. The van der Waals surface area contributed by atoms with Crippen LogP contribution in [0.2, 0.25) is 0 Å². The summed E-state index contributed by atoms with van der Waals surface area (Å²) < 4.78 is 28.1. The van der Waals surface area contributed by atoms with Crippen molar-refractivity contribution in [2.24, 2.45) is 0 Å². The zero-order valence-corrected chi connectivity index (χ0v) is 14.5. The van der Waals surface area contributed by atoms with E-state index in [-0.39, 0.29) is 17.5 Å². The summed E-state index contributed by atoms with van der Waals surface area (Å²) in [6, 6.07) is 3.18. The monoisotopic (exact) mass is 376 g/mol.